The van der Waals surface area contributed by atoms with E-state index in [2.05, 4.69) is 26.1 Å². The molecule has 3 atom stereocenters. The molecule has 2 aliphatic rings. The van der Waals surface area contributed by atoms with Crippen LogP contribution in [0.2, 0.25) is 0 Å². The Morgan fingerprint density at radius 1 is 1.11 bits per heavy atom. The molecule has 2 fully saturated rings. The van der Waals surface area contributed by atoms with Crippen molar-refractivity contribution in [3.8, 4) is 0 Å². The Morgan fingerprint density at radius 2 is 1.83 bits per heavy atom. The number of rotatable bonds is 2. The largest absolute Gasteiger partial charge is 0.368 e. The van der Waals surface area contributed by atoms with Crippen molar-refractivity contribution in [3.63, 3.8) is 0 Å². The van der Waals surface area contributed by atoms with E-state index < -0.39 is 0 Å². The fraction of sp³-hybridized carbons (Fsp3) is 0.933. The summed E-state index contributed by atoms with van der Waals surface area (Å²) < 4.78 is 5.47. The number of hydrogen-bond acceptors (Lipinski definition) is 2. The van der Waals surface area contributed by atoms with Gasteiger partial charge in [-0.2, -0.15) is 0 Å². The summed E-state index contributed by atoms with van der Waals surface area (Å²) in [5.41, 5.74) is 0.273. The number of ether oxygens (including phenoxy) is 1. The highest BCUT2D eigenvalue weighted by Gasteiger charge is 2.36. The number of amides is 1. The second-order valence-corrected chi connectivity index (χ2v) is 6.87. The first kappa shape index (κ1) is 13.9. The van der Waals surface area contributed by atoms with Crippen LogP contribution in [0, 0.1) is 11.3 Å². The molecule has 0 bridgehead atoms. The molecule has 3 nitrogen and oxygen atoms in total. The molecule has 1 N–H and O–H groups in total. The lowest BCUT2D eigenvalue weighted by atomic mass is 9.69. The van der Waals surface area contributed by atoms with E-state index in [0.717, 1.165) is 25.9 Å². The van der Waals surface area contributed by atoms with Crippen LogP contribution in [0.3, 0.4) is 0 Å². The molecule has 1 aliphatic heterocycles. The molecule has 1 aliphatic carbocycles. The van der Waals surface area contributed by atoms with Gasteiger partial charge in [-0.25, -0.2) is 0 Å². The molecule has 1 heterocycles. The first-order valence-corrected chi connectivity index (χ1v) is 7.40. The van der Waals surface area contributed by atoms with Gasteiger partial charge in [-0.3, -0.25) is 4.79 Å². The first-order valence-electron chi connectivity index (χ1n) is 7.40. The van der Waals surface area contributed by atoms with Crippen LogP contribution in [-0.2, 0) is 9.53 Å². The van der Waals surface area contributed by atoms with Gasteiger partial charge in [0.1, 0.15) is 6.10 Å². The van der Waals surface area contributed by atoms with Crippen LogP contribution in [-0.4, -0.2) is 24.7 Å². The molecule has 104 valence electrons. The van der Waals surface area contributed by atoms with E-state index in [1.54, 1.807) is 0 Å². The number of nitrogens with one attached hydrogen (secondary N) is 1. The third-order valence-electron chi connectivity index (χ3n) is 4.43. The second-order valence-electron chi connectivity index (χ2n) is 6.87. The smallest absolute Gasteiger partial charge is 0.249 e. The summed E-state index contributed by atoms with van der Waals surface area (Å²) in [5, 5.41) is 3.25. The van der Waals surface area contributed by atoms with Crippen LogP contribution in [0.25, 0.3) is 0 Å². The summed E-state index contributed by atoms with van der Waals surface area (Å²) in [6, 6.07) is 0.343. The van der Waals surface area contributed by atoms with Gasteiger partial charge in [-0.15, -0.1) is 0 Å². The molecular formula is C15H27NO2. The average molecular weight is 253 g/mol. The molecule has 3 heteroatoms. The molecule has 0 spiro atoms. The van der Waals surface area contributed by atoms with Gasteiger partial charge in [0.15, 0.2) is 0 Å². The highest BCUT2D eigenvalue weighted by Crippen LogP contribution is 2.38. The molecule has 2 rings (SSSR count). The highest BCUT2D eigenvalue weighted by atomic mass is 16.5. The van der Waals surface area contributed by atoms with Crippen molar-refractivity contribution < 1.29 is 9.53 Å². The molecule has 18 heavy (non-hydrogen) atoms. The van der Waals surface area contributed by atoms with Gasteiger partial charge in [0.25, 0.3) is 0 Å². The van der Waals surface area contributed by atoms with Crippen molar-refractivity contribution >= 4 is 5.91 Å². The van der Waals surface area contributed by atoms with Gasteiger partial charge in [0.05, 0.1) is 0 Å². The zero-order chi connectivity index (χ0) is 13.2. The van der Waals surface area contributed by atoms with E-state index in [4.69, 9.17) is 4.74 Å². The molecule has 0 radical (unpaired) electrons. The van der Waals surface area contributed by atoms with Crippen LogP contribution in [0.1, 0.15) is 59.3 Å². The van der Waals surface area contributed by atoms with Gasteiger partial charge in [-0.1, -0.05) is 33.6 Å². The maximum absolute atomic E-state index is 12.1. The van der Waals surface area contributed by atoms with Crippen molar-refractivity contribution in [2.45, 2.75) is 71.4 Å². The van der Waals surface area contributed by atoms with E-state index in [-0.39, 0.29) is 17.4 Å². The van der Waals surface area contributed by atoms with Crippen molar-refractivity contribution in [1.29, 1.82) is 0 Å². The summed E-state index contributed by atoms with van der Waals surface area (Å²) in [7, 11) is 0. The summed E-state index contributed by atoms with van der Waals surface area (Å²) in [6.45, 7) is 7.60. The zero-order valence-corrected chi connectivity index (χ0v) is 12.0. The van der Waals surface area contributed by atoms with Crippen molar-refractivity contribution in [2.24, 2.45) is 11.3 Å². The third kappa shape index (κ3) is 3.25. The minimum absolute atomic E-state index is 0.119. The Labute approximate surface area is 111 Å². The van der Waals surface area contributed by atoms with Crippen LogP contribution in [0.15, 0.2) is 0 Å². The van der Waals surface area contributed by atoms with Crippen molar-refractivity contribution in [2.75, 3.05) is 6.61 Å². The minimum atomic E-state index is -0.187. The van der Waals surface area contributed by atoms with Gasteiger partial charge in [0.2, 0.25) is 5.91 Å². The predicted octanol–water partition coefficient (Wildman–Crippen LogP) is 2.89. The Morgan fingerprint density at radius 3 is 2.44 bits per heavy atom. The summed E-state index contributed by atoms with van der Waals surface area (Å²) >= 11 is 0. The third-order valence-corrected chi connectivity index (χ3v) is 4.43. The van der Waals surface area contributed by atoms with E-state index in [1.807, 2.05) is 0 Å². The maximum atomic E-state index is 12.1. The molecule has 0 aromatic rings. The number of hydrogen-bond donors (Lipinski definition) is 1. The van der Waals surface area contributed by atoms with Gasteiger partial charge < -0.3 is 10.1 Å². The fourth-order valence-corrected chi connectivity index (χ4v) is 3.40. The Bertz CT molecular complexity index is 289. The lowest BCUT2D eigenvalue weighted by Gasteiger charge is -2.41. The van der Waals surface area contributed by atoms with E-state index in [0.29, 0.717) is 12.0 Å². The summed E-state index contributed by atoms with van der Waals surface area (Å²) in [6.07, 6.45) is 6.62. The Hall–Kier alpha value is -0.570. The Kier molecular flexibility index (Phi) is 4.31. The molecular weight excluding hydrogens is 226 g/mol. The highest BCUT2D eigenvalue weighted by molar-refractivity contribution is 5.81. The van der Waals surface area contributed by atoms with Gasteiger partial charge in [-0.05, 0) is 37.0 Å². The van der Waals surface area contributed by atoms with Gasteiger partial charge in [0, 0.05) is 12.6 Å². The molecule has 1 saturated carbocycles. The van der Waals surface area contributed by atoms with Crippen LogP contribution >= 0.6 is 0 Å². The lowest BCUT2D eigenvalue weighted by Crippen LogP contribution is -2.49. The first-order chi connectivity index (χ1) is 8.48. The number of carbonyl (C=O) groups is 1. The molecule has 0 aromatic carbocycles. The maximum Gasteiger partial charge on any atom is 0.249 e. The molecule has 0 aromatic heterocycles. The van der Waals surface area contributed by atoms with E-state index >= 15 is 0 Å². The quantitative estimate of drug-likeness (QED) is 0.821. The predicted molar refractivity (Wildman–Crippen MR) is 72.3 cm³/mol. The zero-order valence-electron chi connectivity index (χ0n) is 12.0. The van der Waals surface area contributed by atoms with E-state index in [9.17, 15) is 4.79 Å². The summed E-state index contributed by atoms with van der Waals surface area (Å²) in [5.74, 6) is 0.713. The van der Waals surface area contributed by atoms with Crippen molar-refractivity contribution in [1.82, 2.24) is 5.32 Å². The standard InChI is InChI=1S/C15H27NO2/c1-15(2,3)11-7-4-5-8-12(11)16-14(17)13-9-6-10-18-13/h11-13H,4-10H2,1-3H3,(H,16,17). The molecule has 3 unspecified atom stereocenters. The number of carbonyl (C=O) groups excluding carboxylic acids is 1. The average Bonchev–Trinajstić information content (AvgIpc) is 2.81. The SMILES string of the molecule is CC(C)(C)C1CCCCC1NC(=O)C1CCCO1. The minimum Gasteiger partial charge on any atom is -0.368 e. The Balaban J connectivity index is 1.94. The molecule has 1 amide bonds. The van der Waals surface area contributed by atoms with Crippen LogP contribution in [0.4, 0.5) is 0 Å². The van der Waals surface area contributed by atoms with Crippen LogP contribution < -0.4 is 5.32 Å². The lowest BCUT2D eigenvalue weighted by molar-refractivity contribution is -0.131. The topological polar surface area (TPSA) is 38.3 Å². The normalized spacial score (nSPS) is 33.4. The second kappa shape index (κ2) is 5.60. The van der Waals surface area contributed by atoms with Crippen molar-refractivity contribution in [3.05, 3.63) is 0 Å². The van der Waals surface area contributed by atoms with Crippen LogP contribution in [0.5, 0.6) is 0 Å². The summed E-state index contributed by atoms with van der Waals surface area (Å²) in [4.78, 5) is 12.1. The molecule has 1 saturated heterocycles. The fourth-order valence-electron chi connectivity index (χ4n) is 3.40. The van der Waals surface area contributed by atoms with E-state index in [1.165, 1.54) is 19.3 Å². The van der Waals surface area contributed by atoms with Gasteiger partial charge >= 0.3 is 0 Å². The monoisotopic (exact) mass is 253 g/mol.